The topological polar surface area (TPSA) is 93.2 Å². The molecule has 6 aliphatic heterocycles. The van der Waals surface area contributed by atoms with Gasteiger partial charge in [0, 0.05) is 23.7 Å². The standard InChI is InChI=1S/C26H24F6N2O6/c27-25(28,29)23-15-7-5-8-12-11(7)19(35)33(20(12)36)1-3-39-4-2-34-21(37)13-9-6-10(14(13)22(34)38)18(17(9)23)24(40-23,16(8)15)26(30,31)32/h7-18H,1-6H2/t7-,8+,9+,10-,11-,12+,13+,14-,15-,16+,17+,18-,23?,24?. The van der Waals surface area contributed by atoms with E-state index < -0.39 is 118 Å². The van der Waals surface area contributed by atoms with Gasteiger partial charge in [-0.15, -0.1) is 0 Å². The molecule has 10 aliphatic rings. The highest BCUT2D eigenvalue weighted by Crippen LogP contribution is 2.86. The van der Waals surface area contributed by atoms with Crippen molar-refractivity contribution in [3.63, 3.8) is 0 Å². The first kappa shape index (κ1) is 24.4. The van der Waals surface area contributed by atoms with Crippen LogP contribution in [0.1, 0.15) is 12.8 Å². The summed E-state index contributed by atoms with van der Waals surface area (Å²) in [6.07, 6.45) is -10.6. The Morgan fingerprint density at radius 2 is 0.875 bits per heavy atom. The van der Waals surface area contributed by atoms with Crippen molar-refractivity contribution in [2.24, 2.45) is 71.0 Å². The zero-order valence-corrected chi connectivity index (χ0v) is 20.8. The molecule has 0 radical (unpaired) electrons. The van der Waals surface area contributed by atoms with E-state index in [1.54, 1.807) is 0 Å². The molecule has 10 fully saturated rings. The molecule has 0 spiro atoms. The summed E-state index contributed by atoms with van der Waals surface area (Å²) < 4.78 is 104. The SMILES string of the molecule is O=C1[C@@H]2[C@H]3C[C@H]4[C@@H]2C(=O)N1CCOCCN1C(=O)[C@@H]2[C@H]5C[C@@H]([C@@H]2C1=O)[C@H]1[C@@H]5C2(C(F)(F)F)OC1(C(F)(F)F)[C@H]3[C@H]42. The average molecular weight is 574 g/mol. The molecular weight excluding hydrogens is 550 g/mol. The van der Waals surface area contributed by atoms with Gasteiger partial charge in [-0.2, -0.15) is 26.3 Å². The Labute approximate surface area is 222 Å². The summed E-state index contributed by atoms with van der Waals surface area (Å²) in [4.78, 5) is 55.6. The van der Waals surface area contributed by atoms with Gasteiger partial charge in [0.05, 0.1) is 50.0 Å². The Hall–Kier alpha value is -2.22. The van der Waals surface area contributed by atoms with Gasteiger partial charge in [-0.3, -0.25) is 29.0 Å². The molecule has 6 heterocycles. The Bertz CT molecular complexity index is 1150. The molecule has 14 heteroatoms. The number of hydrogen-bond donors (Lipinski definition) is 0. The number of nitrogens with zero attached hydrogens (tertiary/aromatic N) is 2. The lowest BCUT2D eigenvalue weighted by Crippen LogP contribution is -2.66. The average Bonchev–Trinajstić information content (AvgIpc) is 3.69. The monoisotopic (exact) mass is 574 g/mol. The van der Waals surface area contributed by atoms with E-state index >= 15 is 26.3 Å². The summed E-state index contributed by atoms with van der Waals surface area (Å²) in [6.45, 7) is -0.653. The molecule has 216 valence electrons. The number of imide groups is 2. The predicted octanol–water partition coefficient (Wildman–Crippen LogP) is 1.63. The first-order valence-corrected chi connectivity index (χ1v) is 13.9. The number of rotatable bonds is 0. The molecule has 12 bridgehead atoms. The summed E-state index contributed by atoms with van der Waals surface area (Å²) in [6, 6.07) is 0. The van der Waals surface area contributed by atoms with Crippen molar-refractivity contribution in [1.29, 1.82) is 0 Å². The van der Waals surface area contributed by atoms with Crippen LogP contribution in [0.25, 0.3) is 0 Å². The van der Waals surface area contributed by atoms with Crippen molar-refractivity contribution in [2.75, 3.05) is 26.3 Å². The van der Waals surface area contributed by atoms with E-state index in [9.17, 15) is 19.2 Å². The molecule has 0 N–H and O–H groups in total. The van der Waals surface area contributed by atoms with Crippen molar-refractivity contribution in [2.45, 2.75) is 36.4 Å². The minimum Gasteiger partial charge on any atom is -0.378 e. The molecule has 0 aromatic heterocycles. The summed E-state index contributed by atoms with van der Waals surface area (Å²) in [5.41, 5.74) is -6.42. The van der Waals surface area contributed by atoms with E-state index in [2.05, 4.69) is 0 Å². The van der Waals surface area contributed by atoms with E-state index in [1.165, 1.54) is 0 Å². The minimum atomic E-state index is -5.22. The van der Waals surface area contributed by atoms with Crippen molar-refractivity contribution < 1.29 is 55.0 Å². The lowest BCUT2D eigenvalue weighted by atomic mass is 9.46. The van der Waals surface area contributed by atoms with Crippen LogP contribution < -0.4 is 0 Å². The fraction of sp³-hybridized carbons (Fsp3) is 0.846. The molecule has 4 amide bonds. The van der Waals surface area contributed by atoms with Crippen LogP contribution in [0, 0.1) is 71.0 Å². The maximum absolute atomic E-state index is 15.5. The second-order valence-corrected chi connectivity index (χ2v) is 13.3. The van der Waals surface area contributed by atoms with E-state index in [0.29, 0.717) is 0 Å². The Morgan fingerprint density at radius 3 is 1.15 bits per heavy atom. The van der Waals surface area contributed by atoms with Crippen LogP contribution >= 0.6 is 0 Å². The number of halogens is 6. The molecule has 4 saturated carbocycles. The van der Waals surface area contributed by atoms with Crippen LogP contribution in [0.2, 0.25) is 0 Å². The molecule has 4 aliphatic carbocycles. The number of ether oxygens (including phenoxy) is 2. The van der Waals surface area contributed by atoms with Gasteiger partial charge in [-0.1, -0.05) is 0 Å². The molecule has 0 aromatic carbocycles. The summed E-state index contributed by atoms with van der Waals surface area (Å²) >= 11 is 0. The van der Waals surface area contributed by atoms with Crippen LogP contribution in [-0.4, -0.2) is 83.3 Å². The van der Waals surface area contributed by atoms with Gasteiger partial charge in [0.15, 0.2) is 11.2 Å². The zero-order valence-electron chi connectivity index (χ0n) is 20.8. The van der Waals surface area contributed by atoms with Gasteiger partial charge in [-0.05, 0) is 36.5 Å². The smallest absolute Gasteiger partial charge is 0.378 e. The van der Waals surface area contributed by atoms with Gasteiger partial charge >= 0.3 is 12.4 Å². The highest BCUT2D eigenvalue weighted by Gasteiger charge is 2.97. The van der Waals surface area contributed by atoms with Gasteiger partial charge in [0.25, 0.3) is 0 Å². The predicted molar refractivity (Wildman–Crippen MR) is 114 cm³/mol. The lowest BCUT2D eigenvalue weighted by Gasteiger charge is -2.53. The third kappa shape index (κ3) is 2.15. The lowest BCUT2D eigenvalue weighted by molar-refractivity contribution is -0.329. The molecule has 0 aromatic rings. The van der Waals surface area contributed by atoms with E-state index in [4.69, 9.17) is 9.47 Å². The molecule has 14 atom stereocenters. The van der Waals surface area contributed by atoms with E-state index in [0.717, 1.165) is 9.80 Å². The molecular formula is C26H24F6N2O6. The third-order valence-electron chi connectivity index (χ3n) is 12.7. The first-order valence-electron chi connectivity index (χ1n) is 13.9. The normalized spacial score (nSPS) is 55.2. The quantitative estimate of drug-likeness (QED) is 0.323. The number of amides is 4. The fourth-order valence-electron chi connectivity index (χ4n) is 12.2. The highest BCUT2D eigenvalue weighted by atomic mass is 19.4. The van der Waals surface area contributed by atoms with Gasteiger partial charge in [0.2, 0.25) is 23.6 Å². The van der Waals surface area contributed by atoms with Crippen molar-refractivity contribution in [3.05, 3.63) is 0 Å². The Kier molecular flexibility index (Phi) is 4.09. The van der Waals surface area contributed by atoms with Crippen molar-refractivity contribution >= 4 is 23.6 Å². The molecule has 8 nitrogen and oxygen atoms in total. The molecule has 40 heavy (non-hydrogen) atoms. The number of hydrogen-bond acceptors (Lipinski definition) is 6. The molecule has 6 saturated heterocycles. The number of fused-ring (bicyclic) bond motifs is 4. The largest absolute Gasteiger partial charge is 0.418 e. The Balaban J connectivity index is 1.30. The highest BCUT2D eigenvalue weighted by molar-refractivity contribution is 6.07. The maximum atomic E-state index is 15.5. The van der Waals surface area contributed by atoms with E-state index in [-0.39, 0.29) is 39.1 Å². The van der Waals surface area contributed by atoms with Gasteiger partial charge in [0.1, 0.15) is 0 Å². The van der Waals surface area contributed by atoms with Crippen molar-refractivity contribution in [3.8, 4) is 0 Å². The molecule has 10 rings (SSSR count). The second kappa shape index (κ2) is 6.71. The minimum absolute atomic E-state index is 0.0845. The Morgan fingerprint density at radius 1 is 0.575 bits per heavy atom. The number of carbonyl (C=O) groups is 4. The second-order valence-electron chi connectivity index (χ2n) is 13.3. The van der Waals surface area contributed by atoms with Gasteiger partial charge in [-0.25, -0.2) is 0 Å². The fourth-order valence-corrected chi connectivity index (χ4v) is 12.2. The number of alkyl halides is 6. The summed E-state index contributed by atoms with van der Waals surface area (Å²) in [5, 5.41) is 0. The van der Waals surface area contributed by atoms with E-state index in [1.807, 2.05) is 0 Å². The maximum Gasteiger partial charge on any atom is 0.418 e. The van der Waals surface area contributed by atoms with Crippen LogP contribution in [0.3, 0.4) is 0 Å². The summed E-state index contributed by atoms with van der Waals surface area (Å²) in [5.74, 6) is -18.2. The number of carbonyl (C=O) groups excluding carboxylic acids is 4. The van der Waals surface area contributed by atoms with Crippen LogP contribution in [0.15, 0.2) is 0 Å². The van der Waals surface area contributed by atoms with Crippen LogP contribution in [0.4, 0.5) is 26.3 Å². The third-order valence-corrected chi connectivity index (χ3v) is 12.7. The molecule has 2 unspecified atom stereocenters. The van der Waals surface area contributed by atoms with Gasteiger partial charge < -0.3 is 9.47 Å². The zero-order chi connectivity index (χ0) is 28.0. The van der Waals surface area contributed by atoms with Crippen molar-refractivity contribution in [1.82, 2.24) is 9.80 Å². The van der Waals surface area contributed by atoms with Crippen LogP contribution in [0.5, 0.6) is 0 Å². The first-order chi connectivity index (χ1) is 18.8. The van der Waals surface area contributed by atoms with Crippen LogP contribution in [-0.2, 0) is 28.7 Å². The summed E-state index contributed by atoms with van der Waals surface area (Å²) in [7, 11) is 0.